The average Bonchev–Trinajstić information content (AvgIpc) is 3.11. The lowest BCUT2D eigenvalue weighted by Gasteiger charge is -2.30. The maximum Gasteiger partial charge on any atom is 0.309 e. The van der Waals surface area contributed by atoms with E-state index in [1.165, 1.54) is 11.4 Å². The minimum Gasteiger partial charge on any atom is -0.469 e. The van der Waals surface area contributed by atoms with Gasteiger partial charge in [0.2, 0.25) is 10.0 Å². The van der Waals surface area contributed by atoms with Crippen LogP contribution in [0.2, 0.25) is 0 Å². The van der Waals surface area contributed by atoms with E-state index in [1.807, 2.05) is 0 Å². The molecular weight excluding hydrogens is 242 g/mol. The molecule has 2 aliphatic rings. The monoisotopic (exact) mass is 261 g/mol. The zero-order valence-electron chi connectivity index (χ0n) is 10.1. The number of rotatable bonds is 4. The van der Waals surface area contributed by atoms with Crippen LogP contribution in [0.25, 0.3) is 0 Å². The van der Waals surface area contributed by atoms with Gasteiger partial charge in [0.25, 0.3) is 0 Å². The summed E-state index contributed by atoms with van der Waals surface area (Å²) in [6.07, 6.45) is 3.51. The maximum atomic E-state index is 12.1. The maximum absolute atomic E-state index is 12.1. The number of hydrogen-bond acceptors (Lipinski definition) is 4. The predicted molar refractivity (Wildman–Crippen MR) is 62.8 cm³/mol. The van der Waals surface area contributed by atoms with Crippen molar-refractivity contribution in [2.45, 2.75) is 25.7 Å². The van der Waals surface area contributed by atoms with Gasteiger partial charge in [-0.25, -0.2) is 12.7 Å². The lowest BCUT2D eigenvalue weighted by atomic mass is 10.0. The van der Waals surface area contributed by atoms with Gasteiger partial charge in [-0.3, -0.25) is 4.79 Å². The second kappa shape index (κ2) is 4.94. The normalized spacial score (nSPS) is 26.8. The SMILES string of the molecule is COC(=O)[C@H]1CCCN(S(=O)(=O)CC2CC2)C1. The highest BCUT2D eigenvalue weighted by molar-refractivity contribution is 7.89. The Morgan fingerprint density at radius 2 is 2.06 bits per heavy atom. The molecule has 0 aromatic rings. The van der Waals surface area contributed by atoms with Gasteiger partial charge in [0.05, 0.1) is 18.8 Å². The molecule has 0 N–H and O–H groups in total. The van der Waals surface area contributed by atoms with E-state index in [2.05, 4.69) is 4.74 Å². The van der Waals surface area contributed by atoms with Crippen LogP contribution in [-0.2, 0) is 19.6 Å². The van der Waals surface area contributed by atoms with Crippen molar-refractivity contribution < 1.29 is 17.9 Å². The Balaban J connectivity index is 1.98. The fourth-order valence-electron chi connectivity index (χ4n) is 2.24. The smallest absolute Gasteiger partial charge is 0.309 e. The zero-order chi connectivity index (χ0) is 12.5. The number of ether oxygens (including phenoxy) is 1. The molecule has 2 fully saturated rings. The molecule has 0 unspecified atom stereocenters. The largest absolute Gasteiger partial charge is 0.469 e. The molecule has 98 valence electrons. The Hall–Kier alpha value is -0.620. The van der Waals surface area contributed by atoms with Gasteiger partial charge in [-0.15, -0.1) is 0 Å². The molecule has 1 saturated carbocycles. The minimum atomic E-state index is -3.17. The molecular formula is C11H19NO4S. The Labute approximate surface area is 102 Å². The number of nitrogens with zero attached hydrogens (tertiary/aromatic N) is 1. The summed E-state index contributed by atoms with van der Waals surface area (Å²) in [4.78, 5) is 11.4. The van der Waals surface area contributed by atoms with Crippen LogP contribution in [0.1, 0.15) is 25.7 Å². The van der Waals surface area contributed by atoms with Gasteiger partial charge in [0, 0.05) is 13.1 Å². The van der Waals surface area contributed by atoms with E-state index in [0.29, 0.717) is 19.0 Å². The number of hydrogen-bond donors (Lipinski definition) is 0. The highest BCUT2D eigenvalue weighted by Crippen LogP contribution is 2.32. The molecule has 0 aromatic carbocycles. The topological polar surface area (TPSA) is 63.7 Å². The van der Waals surface area contributed by atoms with E-state index < -0.39 is 10.0 Å². The molecule has 1 heterocycles. The van der Waals surface area contributed by atoms with Gasteiger partial charge in [-0.1, -0.05) is 0 Å². The van der Waals surface area contributed by atoms with E-state index in [-0.39, 0.29) is 17.6 Å². The molecule has 6 heteroatoms. The average molecular weight is 261 g/mol. The Kier molecular flexibility index (Phi) is 3.73. The molecule has 1 aliphatic carbocycles. The van der Waals surface area contributed by atoms with Crippen molar-refractivity contribution >= 4 is 16.0 Å². The summed E-state index contributed by atoms with van der Waals surface area (Å²) >= 11 is 0. The molecule has 0 spiro atoms. The Morgan fingerprint density at radius 1 is 1.35 bits per heavy atom. The highest BCUT2D eigenvalue weighted by atomic mass is 32.2. The van der Waals surface area contributed by atoms with E-state index in [4.69, 9.17) is 0 Å². The number of piperidine rings is 1. The lowest BCUT2D eigenvalue weighted by Crippen LogP contribution is -2.43. The Bertz CT molecular complexity index is 388. The number of carbonyl (C=O) groups excluding carboxylic acids is 1. The summed E-state index contributed by atoms with van der Waals surface area (Å²) in [6.45, 7) is 0.838. The van der Waals surface area contributed by atoms with Gasteiger partial charge < -0.3 is 4.74 Å². The van der Waals surface area contributed by atoms with Crippen LogP contribution < -0.4 is 0 Å². The van der Waals surface area contributed by atoms with E-state index >= 15 is 0 Å². The van der Waals surface area contributed by atoms with E-state index in [9.17, 15) is 13.2 Å². The summed E-state index contributed by atoms with van der Waals surface area (Å²) in [5.74, 6) is 0.0125. The highest BCUT2D eigenvalue weighted by Gasteiger charge is 2.36. The molecule has 0 bridgehead atoms. The summed E-state index contributed by atoms with van der Waals surface area (Å²) in [7, 11) is -1.82. The van der Waals surface area contributed by atoms with Crippen LogP contribution >= 0.6 is 0 Å². The van der Waals surface area contributed by atoms with Crippen molar-refractivity contribution in [2.24, 2.45) is 11.8 Å². The van der Waals surface area contributed by atoms with Gasteiger partial charge in [0.15, 0.2) is 0 Å². The second-order valence-corrected chi connectivity index (χ2v) is 6.96. The molecule has 1 atom stereocenters. The molecule has 5 nitrogen and oxygen atoms in total. The summed E-state index contributed by atoms with van der Waals surface area (Å²) in [5, 5.41) is 0. The number of sulfonamides is 1. The summed E-state index contributed by atoms with van der Waals surface area (Å²) < 4.78 is 30.3. The summed E-state index contributed by atoms with van der Waals surface area (Å²) in [5.41, 5.74) is 0. The van der Waals surface area contributed by atoms with Crippen molar-refractivity contribution in [1.29, 1.82) is 0 Å². The van der Waals surface area contributed by atoms with E-state index in [1.54, 1.807) is 0 Å². The van der Waals surface area contributed by atoms with Crippen LogP contribution in [-0.4, -0.2) is 44.6 Å². The third-order valence-corrected chi connectivity index (χ3v) is 5.47. The lowest BCUT2D eigenvalue weighted by molar-refractivity contribution is -0.146. The van der Waals surface area contributed by atoms with Crippen LogP contribution in [0.3, 0.4) is 0 Å². The Morgan fingerprint density at radius 3 is 2.65 bits per heavy atom. The molecule has 2 rings (SSSR count). The first-order valence-electron chi connectivity index (χ1n) is 6.08. The predicted octanol–water partition coefficient (Wildman–Crippen LogP) is 0.611. The number of methoxy groups -OCH3 is 1. The van der Waals surface area contributed by atoms with Crippen molar-refractivity contribution in [2.75, 3.05) is 26.0 Å². The summed E-state index contributed by atoms with van der Waals surface area (Å²) in [6, 6.07) is 0. The standard InChI is InChI=1S/C11H19NO4S/c1-16-11(13)10-3-2-6-12(7-10)17(14,15)8-9-4-5-9/h9-10H,2-8H2,1H3/t10-/m0/s1. The zero-order valence-corrected chi connectivity index (χ0v) is 10.9. The first kappa shape index (κ1) is 12.8. The van der Waals surface area contributed by atoms with E-state index in [0.717, 1.165) is 25.7 Å². The van der Waals surface area contributed by atoms with Gasteiger partial charge in [-0.2, -0.15) is 0 Å². The van der Waals surface area contributed by atoms with Crippen molar-refractivity contribution in [3.05, 3.63) is 0 Å². The van der Waals surface area contributed by atoms with Gasteiger partial charge >= 0.3 is 5.97 Å². The molecule has 1 aliphatic heterocycles. The van der Waals surface area contributed by atoms with Gasteiger partial charge in [-0.05, 0) is 31.6 Å². The minimum absolute atomic E-state index is 0.251. The first-order chi connectivity index (χ1) is 8.03. The van der Waals surface area contributed by atoms with Crippen molar-refractivity contribution in [1.82, 2.24) is 4.31 Å². The number of carbonyl (C=O) groups is 1. The molecule has 0 amide bonds. The van der Waals surface area contributed by atoms with Gasteiger partial charge in [0.1, 0.15) is 0 Å². The quantitative estimate of drug-likeness (QED) is 0.696. The molecule has 0 radical (unpaired) electrons. The molecule has 0 aromatic heterocycles. The molecule has 1 saturated heterocycles. The fraction of sp³-hybridized carbons (Fsp3) is 0.909. The fourth-order valence-corrected chi connectivity index (χ4v) is 4.20. The number of esters is 1. The van der Waals surface area contributed by atoms with Crippen molar-refractivity contribution in [3.63, 3.8) is 0 Å². The third kappa shape index (κ3) is 3.19. The van der Waals surface area contributed by atoms with Crippen LogP contribution in [0, 0.1) is 11.8 Å². The first-order valence-corrected chi connectivity index (χ1v) is 7.69. The van der Waals surface area contributed by atoms with Crippen LogP contribution in [0.15, 0.2) is 0 Å². The second-order valence-electron chi connectivity index (χ2n) is 4.94. The van der Waals surface area contributed by atoms with Crippen LogP contribution in [0.4, 0.5) is 0 Å². The van der Waals surface area contributed by atoms with Crippen molar-refractivity contribution in [3.8, 4) is 0 Å². The van der Waals surface area contributed by atoms with Crippen LogP contribution in [0.5, 0.6) is 0 Å². The third-order valence-electron chi connectivity index (χ3n) is 3.46. The molecule has 17 heavy (non-hydrogen) atoms.